The summed E-state index contributed by atoms with van der Waals surface area (Å²) >= 11 is 0. The highest BCUT2D eigenvalue weighted by Gasteiger charge is 2.33. The van der Waals surface area contributed by atoms with Crippen LogP contribution in [0.15, 0.2) is 24.3 Å². The largest absolute Gasteiger partial charge is 0.573 e. The highest BCUT2D eigenvalue weighted by Crippen LogP contribution is 2.24. The summed E-state index contributed by atoms with van der Waals surface area (Å²) in [6.07, 6.45) is -0.918. The number of carbonyl (C=O) groups is 1. The summed E-state index contributed by atoms with van der Waals surface area (Å²) in [6.45, 7) is 2.66. The second kappa shape index (κ2) is 10.2. The molecule has 12 heteroatoms. The Morgan fingerprint density at radius 1 is 0.903 bits per heavy atom. The lowest BCUT2D eigenvalue weighted by atomic mass is 10.2. The molecule has 2 fully saturated rings. The Balaban J connectivity index is 1.45. The van der Waals surface area contributed by atoms with Gasteiger partial charge in [0.05, 0.1) is 6.54 Å². The molecule has 174 valence electrons. The van der Waals surface area contributed by atoms with Crippen LogP contribution in [0.2, 0.25) is 0 Å². The summed E-state index contributed by atoms with van der Waals surface area (Å²) < 4.78 is 69.1. The maximum atomic E-state index is 12.9. The molecule has 0 bridgehead atoms. The van der Waals surface area contributed by atoms with Gasteiger partial charge in [-0.15, -0.1) is 13.2 Å². The van der Waals surface area contributed by atoms with Gasteiger partial charge in [0.2, 0.25) is 5.91 Å². The number of nitrogens with zero attached hydrogens (tertiary/aromatic N) is 3. The third kappa shape index (κ3) is 7.06. The number of halogens is 3. The number of nitrogens with one attached hydrogen (secondary N) is 1. The Morgan fingerprint density at radius 2 is 1.45 bits per heavy atom. The quantitative estimate of drug-likeness (QED) is 0.699. The van der Waals surface area contributed by atoms with Crippen LogP contribution < -0.4 is 10.1 Å². The van der Waals surface area contributed by atoms with Crippen molar-refractivity contribution in [2.45, 2.75) is 32.0 Å². The molecule has 2 aliphatic heterocycles. The maximum absolute atomic E-state index is 12.9. The third-order valence-corrected chi connectivity index (χ3v) is 7.32. The van der Waals surface area contributed by atoms with Gasteiger partial charge in [0.25, 0.3) is 10.2 Å². The number of piperazine rings is 1. The highest BCUT2D eigenvalue weighted by atomic mass is 32.2. The monoisotopic (exact) mass is 464 g/mol. The van der Waals surface area contributed by atoms with Crippen LogP contribution in [-0.2, 0) is 15.0 Å². The van der Waals surface area contributed by atoms with Gasteiger partial charge >= 0.3 is 6.36 Å². The van der Waals surface area contributed by atoms with E-state index in [0.717, 1.165) is 37.8 Å². The number of rotatable bonds is 6. The number of amides is 1. The lowest BCUT2D eigenvalue weighted by Crippen LogP contribution is -2.54. The number of carbonyl (C=O) groups excluding carboxylic acids is 1. The molecular weight excluding hydrogens is 437 g/mol. The molecule has 1 amide bonds. The van der Waals surface area contributed by atoms with Gasteiger partial charge < -0.3 is 10.1 Å². The molecule has 0 aromatic heterocycles. The second-order valence-electron chi connectivity index (χ2n) is 7.62. The number of benzene rings is 1. The fraction of sp³-hybridized carbons (Fsp3) is 0.632. The summed E-state index contributed by atoms with van der Waals surface area (Å²) in [4.78, 5) is 14.1. The molecule has 1 aromatic rings. The fourth-order valence-electron chi connectivity index (χ4n) is 3.70. The molecule has 3 rings (SSSR count). The normalized spacial score (nSPS) is 20.2. The van der Waals surface area contributed by atoms with Gasteiger partial charge in [0.15, 0.2) is 0 Å². The van der Waals surface area contributed by atoms with Crippen molar-refractivity contribution >= 4 is 21.8 Å². The van der Waals surface area contributed by atoms with Crippen molar-refractivity contribution < 1.29 is 31.1 Å². The van der Waals surface area contributed by atoms with Gasteiger partial charge in [0.1, 0.15) is 5.75 Å². The van der Waals surface area contributed by atoms with Crippen LogP contribution in [0.3, 0.4) is 0 Å². The molecule has 1 aromatic carbocycles. The van der Waals surface area contributed by atoms with Gasteiger partial charge in [-0.2, -0.15) is 17.0 Å². The summed E-state index contributed by atoms with van der Waals surface area (Å²) in [7, 11) is -3.48. The zero-order chi connectivity index (χ0) is 22.5. The lowest BCUT2D eigenvalue weighted by Gasteiger charge is -2.36. The first-order valence-corrected chi connectivity index (χ1v) is 11.7. The summed E-state index contributed by atoms with van der Waals surface area (Å²) in [6, 6.07) is 4.89. The van der Waals surface area contributed by atoms with E-state index in [1.807, 2.05) is 4.90 Å². The minimum atomic E-state index is -4.77. The molecule has 1 N–H and O–H groups in total. The first kappa shape index (κ1) is 23.8. The Kier molecular flexibility index (Phi) is 7.78. The smallest absolute Gasteiger partial charge is 0.406 e. The molecule has 2 heterocycles. The molecule has 0 spiro atoms. The van der Waals surface area contributed by atoms with Crippen molar-refractivity contribution in [2.24, 2.45) is 0 Å². The predicted molar refractivity (Wildman–Crippen MR) is 109 cm³/mol. The minimum Gasteiger partial charge on any atom is -0.406 e. The van der Waals surface area contributed by atoms with Crippen LogP contribution in [0.25, 0.3) is 0 Å². The van der Waals surface area contributed by atoms with Crippen molar-refractivity contribution in [1.82, 2.24) is 13.5 Å². The van der Waals surface area contributed by atoms with E-state index in [4.69, 9.17) is 0 Å². The van der Waals surface area contributed by atoms with Crippen LogP contribution in [0.5, 0.6) is 5.75 Å². The minimum absolute atomic E-state index is 0.0679. The standard InChI is InChI=1S/C19H27F3N4O4S/c20-19(21,22)30-17-7-5-16(6-8-17)23-18(27)15-24-11-13-26(14-12-24)31(28,29)25-9-3-1-2-4-10-25/h5-8H,1-4,9-15H2,(H,23,27). The summed E-state index contributed by atoms with van der Waals surface area (Å²) in [5.74, 6) is -0.694. The van der Waals surface area contributed by atoms with Gasteiger partial charge in [-0.05, 0) is 37.1 Å². The Labute approximate surface area is 180 Å². The molecule has 0 atom stereocenters. The van der Waals surface area contributed by atoms with Gasteiger partial charge in [0, 0.05) is 45.0 Å². The first-order valence-electron chi connectivity index (χ1n) is 10.3. The first-order chi connectivity index (χ1) is 14.6. The Bertz CT molecular complexity index is 833. The van der Waals surface area contributed by atoms with Crippen LogP contribution >= 0.6 is 0 Å². The third-order valence-electron chi connectivity index (χ3n) is 5.29. The van der Waals surface area contributed by atoms with E-state index in [2.05, 4.69) is 10.1 Å². The Hall–Kier alpha value is -1.89. The molecule has 0 saturated carbocycles. The lowest BCUT2D eigenvalue weighted by molar-refractivity contribution is -0.274. The van der Waals surface area contributed by atoms with Crippen molar-refractivity contribution in [1.29, 1.82) is 0 Å². The van der Waals surface area contributed by atoms with Gasteiger partial charge in [-0.3, -0.25) is 9.69 Å². The molecule has 2 saturated heterocycles. The molecule has 31 heavy (non-hydrogen) atoms. The van der Waals surface area contributed by atoms with Gasteiger partial charge in [-0.25, -0.2) is 0 Å². The number of ether oxygens (including phenoxy) is 1. The average Bonchev–Trinajstić information content (AvgIpc) is 2.99. The molecule has 0 radical (unpaired) electrons. The van der Waals surface area contributed by atoms with Crippen molar-refractivity contribution in [3.8, 4) is 5.75 Å². The van der Waals surface area contributed by atoms with Crippen LogP contribution in [0, 0.1) is 0 Å². The number of anilines is 1. The van der Waals surface area contributed by atoms with Crippen LogP contribution in [-0.4, -0.2) is 80.0 Å². The van der Waals surface area contributed by atoms with E-state index in [1.165, 1.54) is 16.4 Å². The number of hydrogen-bond acceptors (Lipinski definition) is 5. The molecule has 0 unspecified atom stereocenters. The number of hydrogen-bond donors (Lipinski definition) is 1. The van der Waals surface area contributed by atoms with E-state index < -0.39 is 16.6 Å². The van der Waals surface area contributed by atoms with E-state index in [0.29, 0.717) is 45.0 Å². The topological polar surface area (TPSA) is 82.2 Å². The maximum Gasteiger partial charge on any atom is 0.573 e. The van der Waals surface area contributed by atoms with E-state index >= 15 is 0 Å². The highest BCUT2D eigenvalue weighted by molar-refractivity contribution is 7.86. The predicted octanol–water partition coefficient (Wildman–Crippen LogP) is 2.26. The zero-order valence-corrected chi connectivity index (χ0v) is 17.9. The van der Waals surface area contributed by atoms with Crippen molar-refractivity contribution in [3.63, 3.8) is 0 Å². The average molecular weight is 465 g/mol. The zero-order valence-electron chi connectivity index (χ0n) is 17.1. The molecule has 0 aliphatic carbocycles. The van der Waals surface area contributed by atoms with Gasteiger partial charge in [-0.1, -0.05) is 12.8 Å². The van der Waals surface area contributed by atoms with E-state index in [-0.39, 0.29) is 18.2 Å². The number of alkyl halides is 3. The molecular formula is C19H27F3N4O4S. The van der Waals surface area contributed by atoms with Crippen molar-refractivity contribution in [3.05, 3.63) is 24.3 Å². The van der Waals surface area contributed by atoms with Crippen molar-refractivity contribution in [2.75, 3.05) is 51.1 Å². The second-order valence-corrected chi connectivity index (χ2v) is 9.55. The van der Waals surface area contributed by atoms with E-state index in [1.54, 1.807) is 4.31 Å². The summed E-state index contributed by atoms with van der Waals surface area (Å²) in [5.41, 5.74) is 0.349. The fourth-order valence-corrected chi connectivity index (χ4v) is 5.37. The SMILES string of the molecule is O=C(CN1CCN(S(=O)(=O)N2CCCCCC2)CC1)Nc1ccc(OC(F)(F)F)cc1. The van der Waals surface area contributed by atoms with Crippen LogP contribution in [0.4, 0.5) is 18.9 Å². The molecule has 2 aliphatic rings. The van der Waals surface area contributed by atoms with Crippen LogP contribution in [0.1, 0.15) is 25.7 Å². The summed E-state index contributed by atoms with van der Waals surface area (Å²) in [5, 5.41) is 2.62. The van der Waals surface area contributed by atoms with E-state index in [9.17, 15) is 26.4 Å². The molecule has 8 nitrogen and oxygen atoms in total. The Morgan fingerprint density at radius 3 is 2.00 bits per heavy atom.